The molecule has 0 saturated heterocycles. The summed E-state index contributed by atoms with van der Waals surface area (Å²) in [5.74, 6) is -1.04. The zero-order valence-corrected chi connectivity index (χ0v) is 25.0. The van der Waals surface area contributed by atoms with Gasteiger partial charge in [-0.05, 0) is 72.9 Å². The summed E-state index contributed by atoms with van der Waals surface area (Å²) in [4.78, 5) is 23.2. The number of carbonyl (C=O) groups is 2. The Kier molecular flexibility index (Phi) is 10.5. The fraction of sp³-hybridized carbons (Fsp3) is 0.324. The molecular formula is C34H35F3N4O5. The molecular weight excluding hydrogens is 601 g/mol. The molecule has 1 heterocycles. The normalized spacial score (nSPS) is 14.3. The first-order valence-corrected chi connectivity index (χ1v) is 15.1. The zero-order valence-electron chi connectivity index (χ0n) is 25.0. The van der Waals surface area contributed by atoms with Crippen molar-refractivity contribution in [2.75, 3.05) is 11.9 Å². The third kappa shape index (κ3) is 9.02. The molecule has 1 amide bonds. The van der Waals surface area contributed by atoms with Gasteiger partial charge < -0.3 is 25.2 Å². The van der Waals surface area contributed by atoms with E-state index in [0.29, 0.717) is 17.1 Å². The number of amides is 1. The van der Waals surface area contributed by atoms with E-state index >= 15 is 0 Å². The van der Waals surface area contributed by atoms with Crippen molar-refractivity contribution in [2.24, 2.45) is 5.92 Å². The van der Waals surface area contributed by atoms with Crippen LogP contribution in [-0.2, 0) is 11.4 Å². The van der Waals surface area contributed by atoms with Crippen molar-refractivity contribution >= 4 is 17.6 Å². The molecule has 0 bridgehead atoms. The lowest BCUT2D eigenvalue weighted by Crippen LogP contribution is -2.26. The summed E-state index contributed by atoms with van der Waals surface area (Å²) in [6, 6.07) is 21.9. The summed E-state index contributed by atoms with van der Waals surface area (Å²) in [7, 11) is 0. The van der Waals surface area contributed by atoms with Gasteiger partial charge in [-0.25, -0.2) is 4.68 Å². The molecule has 3 aromatic carbocycles. The molecule has 4 aromatic rings. The van der Waals surface area contributed by atoms with E-state index in [1.54, 1.807) is 28.9 Å². The Morgan fingerprint density at radius 1 is 0.957 bits per heavy atom. The minimum absolute atomic E-state index is 0.0335. The maximum Gasteiger partial charge on any atom is 0.573 e. The van der Waals surface area contributed by atoms with Crippen LogP contribution in [0.4, 0.5) is 18.9 Å². The SMILES string of the molecule is O=C(O)CCNC(=O)c1ccc(NC(c2cn(-c3ccc(OC(F)(F)F)cc3)nc2OCc2ccccc2)C2CCCCC2)cc1. The average Bonchev–Trinajstić information content (AvgIpc) is 3.47. The summed E-state index contributed by atoms with van der Waals surface area (Å²) in [5, 5.41) is 19.8. The van der Waals surface area contributed by atoms with Crippen LogP contribution in [0, 0.1) is 5.92 Å². The zero-order chi connectivity index (χ0) is 32.5. The molecule has 0 aliphatic heterocycles. The number of aliphatic carboxylic acids is 1. The average molecular weight is 637 g/mol. The lowest BCUT2D eigenvalue weighted by molar-refractivity contribution is -0.274. The van der Waals surface area contributed by atoms with Gasteiger partial charge in [0.1, 0.15) is 12.4 Å². The maximum absolute atomic E-state index is 12.7. The molecule has 9 nitrogen and oxygen atoms in total. The molecule has 1 unspecified atom stereocenters. The number of ether oxygens (including phenoxy) is 2. The van der Waals surface area contributed by atoms with Crippen LogP contribution in [0.15, 0.2) is 85.1 Å². The number of hydrogen-bond donors (Lipinski definition) is 3. The number of nitrogens with zero attached hydrogens (tertiary/aromatic N) is 2. The lowest BCUT2D eigenvalue weighted by atomic mass is 9.81. The van der Waals surface area contributed by atoms with Crippen LogP contribution in [0.1, 0.15) is 66.1 Å². The largest absolute Gasteiger partial charge is 0.573 e. The molecule has 1 aliphatic carbocycles. The number of rotatable bonds is 13. The number of carbonyl (C=O) groups excluding carboxylic acids is 1. The summed E-state index contributed by atoms with van der Waals surface area (Å²) in [6.07, 6.45) is 2.15. The molecule has 1 aliphatic rings. The standard InChI is InChI=1S/C34H35F3N4O5/c35-34(36,37)46-28-17-15-27(16-18-28)41-21-29(33(40-41)45-22-23-7-3-1-4-8-23)31(24-9-5-2-6-10-24)39-26-13-11-25(12-14-26)32(44)38-20-19-30(42)43/h1,3-4,7-8,11-18,21,24,31,39H,2,5-6,9-10,19-20,22H2,(H,38,44)(H,42,43). The van der Waals surface area contributed by atoms with Crippen molar-refractivity contribution in [2.45, 2.75) is 57.5 Å². The first kappa shape index (κ1) is 32.4. The molecule has 1 fully saturated rings. The van der Waals surface area contributed by atoms with E-state index in [4.69, 9.17) is 14.9 Å². The molecule has 12 heteroatoms. The van der Waals surface area contributed by atoms with Gasteiger partial charge in [0.2, 0.25) is 5.88 Å². The molecule has 5 rings (SSSR count). The van der Waals surface area contributed by atoms with Crippen molar-refractivity contribution in [3.63, 3.8) is 0 Å². The number of benzene rings is 3. The number of alkyl halides is 3. The van der Waals surface area contributed by atoms with Gasteiger partial charge in [0, 0.05) is 24.0 Å². The highest BCUT2D eigenvalue weighted by molar-refractivity contribution is 5.94. The predicted molar refractivity (Wildman–Crippen MR) is 165 cm³/mol. The van der Waals surface area contributed by atoms with E-state index in [1.807, 2.05) is 36.5 Å². The van der Waals surface area contributed by atoms with Crippen molar-refractivity contribution in [3.05, 3.63) is 102 Å². The number of carboxylic acid groups (broad SMARTS) is 1. The highest BCUT2D eigenvalue weighted by atomic mass is 19.4. The first-order valence-electron chi connectivity index (χ1n) is 15.1. The van der Waals surface area contributed by atoms with Crippen LogP contribution in [0.25, 0.3) is 5.69 Å². The molecule has 242 valence electrons. The van der Waals surface area contributed by atoms with Crippen LogP contribution < -0.4 is 20.1 Å². The summed E-state index contributed by atoms with van der Waals surface area (Å²) >= 11 is 0. The van der Waals surface area contributed by atoms with E-state index in [-0.39, 0.29) is 43.2 Å². The van der Waals surface area contributed by atoms with Crippen LogP contribution in [0.2, 0.25) is 0 Å². The number of hydrogen-bond acceptors (Lipinski definition) is 6. The minimum atomic E-state index is -4.79. The van der Waals surface area contributed by atoms with Gasteiger partial charge in [-0.2, -0.15) is 0 Å². The Morgan fingerprint density at radius 2 is 1.65 bits per heavy atom. The molecule has 1 atom stereocenters. The Bertz CT molecular complexity index is 1590. The molecule has 0 spiro atoms. The van der Waals surface area contributed by atoms with Gasteiger partial charge in [-0.15, -0.1) is 18.3 Å². The molecule has 1 aromatic heterocycles. The summed E-state index contributed by atoms with van der Waals surface area (Å²) < 4.78 is 50.1. The van der Waals surface area contributed by atoms with E-state index in [9.17, 15) is 22.8 Å². The van der Waals surface area contributed by atoms with Crippen molar-refractivity contribution in [3.8, 4) is 17.3 Å². The summed E-state index contributed by atoms with van der Waals surface area (Å²) in [5.41, 5.74) is 3.46. The Labute approximate surface area is 264 Å². The van der Waals surface area contributed by atoms with Crippen LogP contribution in [-0.4, -0.2) is 39.7 Å². The van der Waals surface area contributed by atoms with Gasteiger partial charge in [0.25, 0.3) is 5.91 Å². The summed E-state index contributed by atoms with van der Waals surface area (Å²) in [6.45, 7) is 0.304. The lowest BCUT2D eigenvalue weighted by Gasteiger charge is -2.31. The maximum atomic E-state index is 12.7. The fourth-order valence-electron chi connectivity index (χ4n) is 5.56. The molecule has 1 saturated carbocycles. The second kappa shape index (κ2) is 14.9. The van der Waals surface area contributed by atoms with Crippen molar-refractivity contribution in [1.82, 2.24) is 15.1 Å². The molecule has 0 radical (unpaired) electrons. The van der Waals surface area contributed by atoms with Crippen molar-refractivity contribution < 1.29 is 37.3 Å². The predicted octanol–water partition coefficient (Wildman–Crippen LogP) is 7.29. The first-order chi connectivity index (χ1) is 22.1. The fourth-order valence-corrected chi connectivity index (χ4v) is 5.56. The molecule has 46 heavy (non-hydrogen) atoms. The number of aromatic nitrogens is 2. The van der Waals surface area contributed by atoms with Crippen LogP contribution in [0.3, 0.4) is 0 Å². The van der Waals surface area contributed by atoms with E-state index in [1.165, 1.54) is 24.3 Å². The number of nitrogens with one attached hydrogen (secondary N) is 2. The van der Waals surface area contributed by atoms with Gasteiger partial charge >= 0.3 is 12.3 Å². The van der Waals surface area contributed by atoms with Crippen molar-refractivity contribution in [1.29, 1.82) is 0 Å². The van der Waals surface area contributed by atoms with Gasteiger partial charge in [-0.3, -0.25) is 9.59 Å². The monoisotopic (exact) mass is 636 g/mol. The Balaban J connectivity index is 1.44. The van der Waals surface area contributed by atoms with Gasteiger partial charge in [0.15, 0.2) is 0 Å². The number of carboxylic acids is 1. The number of halogens is 3. The van der Waals surface area contributed by atoms with E-state index in [0.717, 1.165) is 48.9 Å². The Morgan fingerprint density at radius 3 is 2.30 bits per heavy atom. The van der Waals surface area contributed by atoms with Crippen LogP contribution >= 0.6 is 0 Å². The highest BCUT2D eigenvalue weighted by Gasteiger charge is 2.32. The second-order valence-corrected chi connectivity index (χ2v) is 11.1. The molecule has 3 N–H and O–H groups in total. The van der Waals surface area contributed by atoms with Gasteiger partial charge in [0.05, 0.1) is 23.7 Å². The smallest absolute Gasteiger partial charge is 0.481 e. The van der Waals surface area contributed by atoms with Crippen LogP contribution in [0.5, 0.6) is 11.6 Å². The second-order valence-electron chi connectivity index (χ2n) is 11.1. The quantitative estimate of drug-likeness (QED) is 0.141. The number of anilines is 1. The topological polar surface area (TPSA) is 115 Å². The third-order valence-electron chi connectivity index (χ3n) is 7.81. The third-order valence-corrected chi connectivity index (χ3v) is 7.81. The van der Waals surface area contributed by atoms with E-state index < -0.39 is 12.3 Å². The minimum Gasteiger partial charge on any atom is -0.481 e. The highest BCUT2D eigenvalue weighted by Crippen LogP contribution is 2.40. The Hall–Kier alpha value is -5.00. The van der Waals surface area contributed by atoms with E-state index in [2.05, 4.69) is 15.4 Å². The van der Waals surface area contributed by atoms with Gasteiger partial charge in [-0.1, -0.05) is 49.6 Å².